The molecule has 5 heteroatoms. The Hall–Kier alpha value is -1.88. The van der Waals surface area contributed by atoms with Gasteiger partial charge in [-0.15, -0.1) is 0 Å². The highest BCUT2D eigenvalue weighted by Crippen LogP contribution is 2.24. The molecule has 0 radical (unpaired) electrons. The average molecular weight is 304 g/mol. The molecule has 5 nitrogen and oxygen atoms in total. The molecule has 0 spiro atoms. The third-order valence-corrected chi connectivity index (χ3v) is 4.06. The van der Waals surface area contributed by atoms with Crippen LogP contribution < -0.4 is 10.6 Å². The van der Waals surface area contributed by atoms with Crippen molar-refractivity contribution in [1.29, 1.82) is 0 Å². The minimum atomic E-state index is -0.266. The fraction of sp³-hybridized carbons (Fsp3) is 0.529. The van der Waals surface area contributed by atoms with Crippen molar-refractivity contribution in [2.45, 2.75) is 45.2 Å². The first-order valence-corrected chi connectivity index (χ1v) is 7.88. The van der Waals surface area contributed by atoms with E-state index in [-0.39, 0.29) is 30.4 Å². The minimum Gasteiger partial charge on any atom is -0.394 e. The average Bonchev–Trinajstić information content (AvgIpc) is 3.07. The highest BCUT2D eigenvalue weighted by Gasteiger charge is 2.22. The summed E-state index contributed by atoms with van der Waals surface area (Å²) in [6.45, 7) is 2.14. The van der Waals surface area contributed by atoms with Crippen molar-refractivity contribution in [3.63, 3.8) is 0 Å². The number of carbonyl (C=O) groups is 2. The number of carbonyl (C=O) groups excluding carboxylic acids is 2. The highest BCUT2D eigenvalue weighted by molar-refractivity contribution is 5.94. The van der Waals surface area contributed by atoms with Crippen LogP contribution in [-0.4, -0.2) is 29.6 Å². The van der Waals surface area contributed by atoms with Crippen LogP contribution in [0.4, 0.5) is 0 Å². The van der Waals surface area contributed by atoms with Crippen molar-refractivity contribution in [3.8, 4) is 0 Å². The second kappa shape index (κ2) is 7.94. The standard InChI is InChI=1S/C17H24N2O3/c1-12(11-20)19-17(22)15-8-6-13(7-9-15)10-18-16(21)14-4-2-3-5-14/h6-9,12,14,20H,2-5,10-11H2,1H3,(H,18,21)(H,19,22). The van der Waals surface area contributed by atoms with Gasteiger partial charge in [0.25, 0.3) is 5.91 Å². The van der Waals surface area contributed by atoms with Gasteiger partial charge in [0.1, 0.15) is 0 Å². The van der Waals surface area contributed by atoms with Crippen molar-refractivity contribution in [1.82, 2.24) is 10.6 Å². The van der Waals surface area contributed by atoms with Gasteiger partial charge in [-0.1, -0.05) is 25.0 Å². The largest absolute Gasteiger partial charge is 0.394 e. The topological polar surface area (TPSA) is 78.4 Å². The molecule has 0 saturated heterocycles. The fourth-order valence-corrected chi connectivity index (χ4v) is 2.65. The van der Waals surface area contributed by atoms with Crippen LogP contribution in [0.2, 0.25) is 0 Å². The van der Waals surface area contributed by atoms with E-state index in [1.54, 1.807) is 19.1 Å². The van der Waals surface area contributed by atoms with E-state index in [2.05, 4.69) is 10.6 Å². The fourth-order valence-electron chi connectivity index (χ4n) is 2.65. The molecule has 22 heavy (non-hydrogen) atoms. The van der Waals surface area contributed by atoms with E-state index < -0.39 is 0 Å². The van der Waals surface area contributed by atoms with Crippen molar-refractivity contribution in [2.24, 2.45) is 5.92 Å². The Balaban J connectivity index is 1.83. The molecule has 2 amide bonds. The van der Waals surface area contributed by atoms with Crippen molar-refractivity contribution >= 4 is 11.8 Å². The predicted molar refractivity (Wildman–Crippen MR) is 84.3 cm³/mol. The SMILES string of the molecule is CC(CO)NC(=O)c1ccc(CNC(=O)C2CCCC2)cc1. The van der Waals surface area contributed by atoms with E-state index in [0.717, 1.165) is 31.2 Å². The molecule has 1 atom stereocenters. The molecule has 1 aromatic rings. The smallest absolute Gasteiger partial charge is 0.251 e. The van der Waals surface area contributed by atoms with Crippen LogP contribution in [0.5, 0.6) is 0 Å². The highest BCUT2D eigenvalue weighted by atomic mass is 16.3. The lowest BCUT2D eigenvalue weighted by Gasteiger charge is -2.12. The molecular formula is C17H24N2O3. The van der Waals surface area contributed by atoms with Gasteiger partial charge < -0.3 is 15.7 Å². The first-order chi connectivity index (χ1) is 10.6. The molecule has 0 aliphatic heterocycles. The minimum absolute atomic E-state index is 0.0863. The van der Waals surface area contributed by atoms with E-state index in [9.17, 15) is 9.59 Å². The molecule has 1 fully saturated rings. The zero-order valence-electron chi connectivity index (χ0n) is 13.0. The summed E-state index contributed by atoms with van der Waals surface area (Å²) in [5, 5.41) is 14.6. The monoisotopic (exact) mass is 304 g/mol. The predicted octanol–water partition coefficient (Wildman–Crippen LogP) is 1.60. The lowest BCUT2D eigenvalue weighted by molar-refractivity contribution is -0.124. The Kier molecular flexibility index (Phi) is 5.95. The molecular weight excluding hydrogens is 280 g/mol. The van der Waals surface area contributed by atoms with Crippen LogP contribution in [0, 0.1) is 5.92 Å². The normalized spacial score (nSPS) is 16.3. The van der Waals surface area contributed by atoms with E-state index >= 15 is 0 Å². The Labute approximate surface area is 131 Å². The van der Waals surface area contributed by atoms with Crippen LogP contribution >= 0.6 is 0 Å². The van der Waals surface area contributed by atoms with Crippen molar-refractivity contribution in [2.75, 3.05) is 6.61 Å². The molecule has 120 valence electrons. The lowest BCUT2D eigenvalue weighted by Crippen LogP contribution is -2.35. The van der Waals surface area contributed by atoms with Gasteiger partial charge in [0.2, 0.25) is 5.91 Å². The first kappa shape index (κ1) is 16.5. The third kappa shape index (κ3) is 4.56. The molecule has 0 aromatic heterocycles. The Morgan fingerprint density at radius 3 is 2.45 bits per heavy atom. The first-order valence-electron chi connectivity index (χ1n) is 7.88. The van der Waals surface area contributed by atoms with Gasteiger partial charge in [0.05, 0.1) is 6.61 Å². The summed E-state index contributed by atoms with van der Waals surface area (Å²) in [4.78, 5) is 23.8. The number of hydrogen-bond donors (Lipinski definition) is 3. The molecule has 1 aliphatic rings. The van der Waals surface area contributed by atoms with Gasteiger partial charge in [-0.2, -0.15) is 0 Å². The molecule has 1 saturated carbocycles. The number of nitrogens with one attached hydrogen (secondary N) is 2. The van der Waals surface area contributed by atoms with Crippen LogP contribution in [0.15, 0.2) is 24.3 Å². The summed E-state index contributed by atoms with van der Waals surface area (Å²) >= 11 is 0. The summed E-state index contributed by atoms with van der Waals surface area (Å²) < 4.78 is 0. The Morgan fingerprint density at radius 2 is 1.86 bits per heavy atom. The Bertz CT molecular complexity index is 507. The summed E-state index contributed by atoms with van der Waals surface area (Å²) in [6, 6.07) is 6.88. The maximum absolute atomic E-state index is 11.9. The van der Waals surface area contributed by atoms with Crippen LogP contribution in [0.3, 0.4) is 0 Å². The van der Waals surface area contributed by atoms with E-state index in [1.807, 2.05) is 12.1 Å². The van der Waals surface area contributed by atoms with Gasteiger partial charge in [-0.05, 0) is 37.5 Å². The number of aliphatic hydroxyl groups excluding tert-OH is 1. The second-order valence-electron chi connectivity index (χ2n) is 5.95. The Morgan fingerprint density at radius 1 is 1.23 bits per heavy atom. The molecule has 1 unspecified atom stereocenters. The molecule has 1 aromatic carbocycles. The van der Waals surface area contributed by atoms with Gasteiger partial charge in [0.15, 0.2) is 0 Å². The lowest BCUT2D eigenvalue weighted by atomic mass is 10.1. The number of rotatable bonds is 6. The summed E-state index contributed by atoms with van der Waals surface area (Å²) in [7, 11) is 0. The second-order valence-corrected chi connectivity index (χ2v) is 5.95. The van der Waals surface area contributed by atoms with Crippen LogP contribution in [0.25, 0.3) is 0 Å². The zero-order chi connectivity index (χ0) is 15.9. The maximum Gasteiger partial charge on any atom is 0.251 e. The van der Waals surface area contributed by atoms with Crippen molar-refractivity contribution in [3.05, 3.63) is 35.4 Å². The number of benzene rings is 1. The summed E-state index contributed by atoms with van der Waals surface area (Å²) in [5.74, 6) is 0.101. The van der Waals surface area contributed by atoms with E-state index in [1.165, 1.54) is 0 Å². The maximum atomic E-state index is 11.9. The van der Waals surface area contributed by atoms with Crippen LogP contribution in [0.1, 0.15) is 48.5 Å². The quantitative estimate of drug-likeness (QED) is 0.747. The number of aliphatic hydroxyl groups is 1. The van der Waals surface area contributed by atoms with Crippen LogP contribution in [-0.2, 0) is 11.3 Å². The molecule has 1 aliphatic carbocycles. The number of amides is 2. The van der Waals surface area contributed by atoms with Gasteiger partial charge in [0, 0.05) is 24.1 Å². The van der Waals surface area contributed by atoms with E-state index in [4.69, 9.17) is 5.11 Å². The van der Waals surface area contributed by atoms with Gasteiger partial charge >= 0.3 is 0 Å². The summed E-state index contributed by atoms with van der Waals surface area (Å²) in [5.41, 5.74) is 1.52. The molecule has 0 heterocycles. The zero-order valence-corrected chi connectivity index (χ0v) is 13.0. The molecule has 3 N–H and O–H groups in total. The third-order valence-electron chi connectivity index (χ3n) is 4.06. The van der Waals surface area contributed by atoms with Gasteiger partial charge in [-0.25, -0.2) is 0 Å². The molecule has 0 bridgehead atoms. The molecule has 2 rings (SSSR count). The summed E-state index contributed by atoms with van der Waals surface area (Å²) in [6.07, 6.45) is 4.28. The number of hydrogen-bond acceptors (Lipinski definition) is 3. The van der Waals surface area contributed by atoms with E-state index in [0.29, 0.717) is 12.1 Å². The van der Waals surface area contributed by atoms with Gasteiger partial charge in [-0.3, -0.25) is 9.59 Å². The van der Waals surface area contributed by atoms with Crippen molar-refractivity contribution < 1.29 is 14.7 Å².